The van der Waals surface area contributed by atoms with Crippen molar-refractivity contribution in [3.63, 3.8) is 0 Å². The number of carbonyl (C=O) groups is 2. The van der Waals surface area contributed by atoms with Crippen LogP contribution in [0.4, 0.5) is 0 Å². The van der Waals surface area contributed by atoms with Gasteiger partial charge in [-0.1, -0.05) is 48.3 Å². The van der Waals surface area contributed by atoms with E-state index in [1.807, 2.05) is 24.3 Å². The highest BCUT2D eigenvalue weighted by molar-refractivity contribution is 6.31. The lowest BCUT2D eigenvalue weighted by molar-refractivity contribution is -0.131. The van der Waals surface area contributed by atoms with Gasteiger partial charge in [-0.15, -0.1) is 0 Å². The lowest BCUT2D eigenvalue weighted by Crippen LogP contribution is -2.43. The molecule has 6 heteroatoms. The molecule has 1 saturated carbocycles. The average molecular weight is 488 g/mol. The number of carbonyl (C=O) groups excluding carboxylic acids is 2. The predicted octanol–water partition coefficient (Wildman–Crippen LogP) is 6.54. The Morgan fingerprint density at radius 2 is 1.91 bits per heavy atom. The highest BCUT2D eigenvalue weighted by Crippen LogP contribution is 2.60. The van der Waals surface area contributed by atoms with Crippen LogP contribution >= 0.6 is 23.2 Å². The Balaban J connectivity index is 1.76. The molecule has 1 aliphatic carbocycles. The summed E-state index contributed by atoms with van der Waals surface area (Å²) in [7, 11) is 0. The van der Waals surface area contributed by atoms with Crippen molar-refractivity contribution in [1.82, 2.24) is 5.32 Å². The zero-order valence-electron chi connectivity index (χ0n) is 19.5. The molecule has 0 radical (unpaired) electrons. The van der Waals surface area contributed by atoms with E-state index in [1.54, 1.807) is 13.0 Å². The smallest absolute Gasteiger partial charge is 0.226 e. The Labute approximate surface area is 206 Å². The standard InChI is InChI=1S/C27H31Cl2NO3/c1-5-27-13-12-22(21-11-10-20(14-23(21)29)33-17(4)16(3)31)24(18-6-8-19(28)9-7-18)25(27)15(2)30-26(27)32/h6-11,14-15,17,22,24-25H,5,12-13H2,1-4H3,(H,30,32)/t15-,17-,22+,24-,25+,27-/m1/s1. The second-order valence-corrected chi connectivity index (χ2v) is 10.4. The summed E-state index contributed by atoms with van der Waals surface area (Å²) in [4.78, 5) is 24.7. The Morgan fingerprint density at radius 1 is 1.21 bits per heavy atom. The Morgan fingerprint density at radius 3 is 2.52 bits per heavy atom. The summed E-state index contributed by atoms with van der Waals surface area (Å²) in [6.07, 6.45) is 1.98. The van der Waals surface area contributed by atoms with E-state index in [0.29, 0.717) is 15.8 Å². The molecule has 1 amide bonds. The van der Waals surface area contributed by atoms with Crippen LogP contribution < -0.4 is 10.1 Å². The van der Waals surface area contributed by atoms with Crippen molar-refractivity contribution >= 4 is 34.9 Å². The van der Waals surface area contributed by atoms with Gasteiger partial charge in [0.25, 0.3) is 0 Å². The SMILES string of the molecule is CC[C@@]12CC[C@@H](c3ccc(O[C@H](C)C(C)=O)cc3Cl)[C@@H](c3ccc(Cl)cc3)[C@@H]1[C@@H](C)NC2=O. The third kappa shape index (κ3) is 4.28. The minimum atomic E-state index is -0.523. The van der Waals surface area contributed by atoms with Crippen LogP contribution in [0, 0.1) is 11.3 Å². The molecule has 0 aromatic heterocycles. The fourth-order valence-electron chi connectivity index (χ4n) is 6.06. The summed E-state index contributed by atoms with van der Waals surface area (Å²) in [5, 5.41) is 4.56. The zero-order valence-corrected chi connectivity index (χ0v) is 21.0. The Kier molecular flexibility index (Phi) is 6.80. The van der Waals surface area contributed by atoms with Gasteiger partial charge in [0.2, 0.25) is 5.91 Å². The largest absolute Gasteiger partial charge is 0.483 e. The number of benzene rings is 2. The fourth-order valence-corrected chi connectivity index (χ4v) is 6.50. The molecule has 6 atom stereocenters. The van der Waals surface area contributed by atoms with Gasteiger partial charge in [-0.2, -0.15) is 0 Å². The topological polar surface area (TPSA) is 55.4 Å². The summed E-state index contributed by atoms with van der Waals surface area (Å²) in [6, 6.07) is 13.8. The van der Waals surface area contributed by atoms with Gasteiger partial charge in [0.05, 0.1) is 5.41 Å². The van der Waals surface area contributed by atoms with Gasteiger partial charge in [-0.25, -0.2) is 0 Å². The first-order chi connectivity index (χ1) is 15.7. The highest BCUT2D eigenvalue weighted by atomic mass is 35.5. The van der Waals surface area contributed by atoms with Crippen LogP contribution in [0.1, 0.15) is 69.9 Å². The number of hydrogen-bond acceptors (Lipinski definition) is 3. The highest BCUT2D eigenvalue weighted by Gasteiger charge is 2.59. The molecule has 1 N–H and O–H groups in total. The molecular formula is C27H31Cl2NO3. The van der Waals surface area contributed by atoms with Gasteiger partial charge >= 0.3 is 0 Å². The van der Waals surface area contributed by atoms with E-state index in [9.17, 15) is 9.59 Å². The van der Waals surface area contributed by atoms with Crippen LogP contribution in [0.15, 0.2) is 42.5 Å². The zero-order chi connectivity index (χ0) is 23.9. The molecule has 2 aliphatic rings. The van der Waals surface area contributed by atoms with E-state index < -0.39 is 6.10 Å². The van der Waals surface area contributed by atoms with Crippen molar-refractivity contribution in [2.24, 2.45) is 11.3 Å². The minimum absolute atomic E-state index is 0.0337. The molecule has 4 rings (SSSR count). The second-order valence-electron chi connectivity index (χ2n) is 9.57. The molecule has 2 fully saturated rings. The van der Waals surface area contributed by atoms with Crippen LogP contribution in [0.25, 0.3) is 0 Å². The molecule has 2 aromatic rings. The summed E-state index contributed by atoms with van der Waals surface area (Å²) < 4.78 is 5.75. The first kappa shape index (κ1) is 24.1. The number of nitrogens with one attached hydrogen (secondary N) is 1. The maximum atomic E-state index is 13.1. The molecule has 1 saturated heterocycles. The molecule has 1 heterocycles. The molecular weight excluding hydrogens is 457 g/mol. The molecule has 0 bridgehead atoms. The van der Waals surface area contributed by atoms with E-state index >= 15 is 0 Å². The van der Waals surface area contributed by atoms with E-state index in [4.69, 9.17) is 27.9 Å². The molecule has 0 spiro atoms. The number of ketones is 1. The van der Waals surface area contributed by atoms with Crippen molar-refractivity contribution < 1.29 is 14.3 Å². The normalized spacial score (nSPS) is 29.8. The van der Waals surface area contributed by atoms with Gasteiger partial charge in [0.15, 0.2) is 11.9 Å². The number of rotatable bonds is 6. The van der Waals surface area contributed by atoms with E-state index in [2.05, 4.69) is 31.3 Å². The lowest BCUT2D eigenvalue weighted by Gasteiger charge is -2.47. The van der Waals surface area contributed by atoms with Crippen molar-refractivity contribution in [2.45, 2.75) is 70.9 Å². The van der Waals surface area contributed by atoms with Gasteiger partial charge in [-0.3, -0.25) is 9.59 Å². The van der Waals surface area contributed by atoms with Crippen LogP contribution in [0.3, 0.4) is 0 Å². The number of amides is 1. The molecule has 2 aromatic carbocycles. The van der Waals surface area contributed by atoms with Crippen LogP contribution in [0.2, 0.25) is 10.0 Å². The molecule has 0 unspecified atom stereocenters. The average Bonchev–Trinajstić information content (AvgIpc) is 3.04. The second kappa shape index (κ2) is 9.31. The molecule has 176 valence electrons. The predicted molar refractivity (Wildman–Crippen MR) is 132 cm³/mol. The quantitative estimate of drug-likeness (QED) is 0.502. The van der Waals surface area contributed by atoms with E-state index in [0.717, 1.165) is 24.8 Å². The molecule has 33 heavy (non-hydrogen) atoms. The number of ether oxygens (including phenoxy) is 1. The van der Waals surface area contributed by atoms with Crippen LogP contribution in [0.5, 0.6) is 5.75 Å². The molecule has 4 nitrogen and oxygen atoms in total. The summed E-state index contributed by atoms with van der Waals surface area (Å²) in [5.41, 5.74) is 1.86. The number of Topliss-reactive ketones (excluding diaryl/α,β-unsaturated/α-hetero) is 1. The van der Waals surface area contributed by atoms with E-state index in [1.165, 1.54) is 12.5 Å². The van der Waals surface area contributed by atoms with Crippen LogP contribution in [-0.4, -0.2) is 23.8 Å². The summed E-state index contributed by atoms with van der Waals surface area (Å²) >= 11 is 13.0. The van der Waals surface area contributed by atoms with Gasteiger partial charge in [-0.05, 0) is 87.3 Å². The Hall–Kier alpha value is -2.04. The van der Waals surface area contributed by atoms with Gasteiger partial charge < -0.3 is 10.1 Å². The first-order valence-electron chi connectivity index (χ1n) is 11.7. The van der Waals surface area contributed by atoms with Crippen LogP contribution in [-0.2, 0) is 9.59 Å². The third-order valence-corrected chi connectivity index (χ3v) is 8.43. The van der Waals surface area contributed by atoms with E-state index in [-0.39, 0.29) is 40.9 Å². The van der Waals surface area contributed by atoms with Gasteiger partial charge in [0, 0.05) is 22.0 Å². The first-order valence-corrected chi connectivity index (χ1v) is 12.5. The summed E-state index contributed by atoms with van der Waals surface area (Å²) in [6.45, 7) is 7.49. The number of fused-ring (bicyclic) bond motifs is 1. The lowest BCUT2D eigenvalue weighted by atomic mass is 9.54. The third-order valence-electron chi connectivity index (χ3n) is 7.85. The fraction of sp³-hybridized carbons (Fsp3) is 0.481. The van der Waals surface area contributed by atoms with Gasteiger partial charge in [0.1, 0.15) is 5.75 Å². The maximum absolute atomic E-state index is 13.1. The van der Waals surface area contributed by atoms with Crippen molar-refractivity contribution in [2.75, 3.05) is 0 Å². The van der Waals surface area contributed by atoms with Crippen molar-refractivity contribution in [3.05, 3.63) is 63.6 Å². The monoisotopic (exact) mass is 487 g/mol. The van der Waals surface area contributed by atoms with Crippen molar-refractivity contribution in [3.8, 4) is 5.75 Å². The Bertz CT molecular complexity index is 1050. The summed E-state index contributed by atoms with van der Waals surface area (Å²) in [5.74, 6) is 1.14. The minimum Gasteiger partial charge on any atom is -0.483 e. The van der Waals surface area contributed by atoms with Crippen molar-refractivity contribution in [1.29, 1.82) is 0 Å². The number of halogens is 2. The molecule has 1 aliphatic heterocycles. The maximum Gasteiger partial charge on any atom is 0.226 e. The number of hydrogen-bond donors (Lipinski definition) is 1.